The molecule has 72 valence electrons. The van der Waals surface area contributed by atoms with Crippen molar-refractivity contribution >= 4 is 19.4 Å². The van der Waals surface area contributed by atoms with Crippen molar-refractivity contribution in [2.75, 3.05) is 31.2 Å². The standard InChI is InChI=1S/C9H11N2O.BrH.Zn/c1-2-4-10-9(3-1)11-5-7-12-8-6-11;;/h1-3H,5-8H2;1H;/q-1;;+2/p-1. The Labute approximate surface area is 101 Å². The fourth-order valence-corrected chi connectivity index (χ4v) is 1.29. The van der Waals surface area contributed by atoms with E-state index in [1.165, 1.54) is 16.3 Å². The Balaban J connectivity index is 0.000000461. The Hall–Kier alpha value is 0.0134. The number of nitrogens with zero attached hydrogens (tertiary/aromatic N) is 2. The first-order valence-corrected chi connectivity index (χ1v) is 11.3. The number of aromatic nitrogens is 1. The quantitative estimate of drug-likeness (QED) is 0.581. The Morgan fingerprint density at radius 1 is 1.43 bits per heavy atom. The summed E-state index contributed by atoms with van der Waals surface area (Å²) >= 11 is 4.25. The first-order chi connectivity index (χ1) is 6.97. The van der Waals surface area contributed by atoms with Gasteiger partial charge in [0.05, 0.1) is 13.2 Å². The van der Waals surface area contributed by atoms with E-state index in [9.17, 15) is 0 Å². The van der Waals surface area contributed by atoms with Crippen LogP contribution in [0.1, 0.15) is 0 Å². The zero-order valence-corrected chi connectivity index (χ0v) is 12.5. The predicted octanol–water partition coefficient (Wildman–Crippen LogP) is 1.56. The molecule has 0 aromatic carbocycles. The van der Waals surface area contributed by atoms with Gasteiger partial charge in [-0.2, -0.15) is 12.1 Å². The van der Waals surface area contributed by atoms with Crippen LogP contribution in [0.2, 0.25) is 0 Å². The molecule has 0 N–H and O–H groups in total. The predicted molar refractivity (Wildman–Crippen MR) is 55.0 cm³/mol. The van der Waals surface area contributed by atoms with Crippen LogP contribution in [-0.2, 0) is 21.1 Å². The number of ether oxygens (including phenoxy) is 1. The van der Waals surface area contributed by atoms with Gasteiger partial charge in [-0.1, -0.05) is 6.20 Å². The second-order valence-electron chi connectivity index (χ2n) is 2.72. The van der Waals surface area contributed by atoms with Gasteiger partial charge in [0.15, 0.2) is 0 Å². The minimum Gasteiger partial charge on any atom is -0.404 e. The number of morpholine rings is 1. The molecule has 0 unspecified atom stereocenters. The molecule has 1 aromatic heterocycles. The maximum Gasteiger partial charge on any atom is 0.0632 e. The third-order valence-corrected chi connectivity index (χ3v) is 1.93. The summed E-state index contributed by atoms with van der Waals surface area (Å²) in [6.45, 7) is 3.48. The third-order valence-electron chi connectivity index (χ3n) is 1.93. The zero-order chi connectivity index (χ0) is 10.2. The molecule has 0 bridgehead atoms. The molecule has 1 fully saturated rings. The molecule has 0 spiro atoms. The summed E-state index contributed by atoms with van der Waals surface area (Å²) < 4.78 is 5.24. The van der Waals surface area contributed by atoms with Crippen LogP contribution >= 0.6 is 13.6 Å². The minimum absolute atomic E-state index is 0.802. The van der Waals surface area contributed by atoms with E-state index in [0.29, 0.717) is 0 Å². The van der Waals surface area contributed by atoms with Crippen molar-refractivity contribution in [1.82, 2.24) is 4.98 Å². The Morgan fingerprint density at radius 3 is 2.71 bits per heavy atom. The van der Waals surface area contributed by atoms with Crippen LogP contribution in [-0.4, -0.2) is 31.3 Å². The average Bonchev–Trinajstić information content (AvgIpc) is 2.34. The molecule has 0 amide bonds. The molecule has 2 heterocycles. The zero-order valence-electron chi connectivity index (χ0n) is 7.95. The maximum atomic E-state index is 5.24. The van der Waals surface area contributed by atoms with Gasteiger partial charge < -0.3 is 14.6 Å². The largest absolute Gasteiger partial charge is 0.404 e. The number of pyridine rings is 1. The van der Waals surface area contributed by atoms with E-state index in [1.807, 2.05) is 18.2 Å². The van der Waals surface area contributed by atoms with Gasteiger partial charge >= 0.3 is 30.0 Å². The van der Waals surface area contributed by atoms with Gasteiger partial charge in [-0.15, -0.1) is 6.07 Å². The van der Waals surface area contributed by atoms with Gasteiger partial charge in [0, 0.05) is 18.9 Å². The molecule has 1 aliphatic heterocycles. The normalized spacial score (nSPS) is 15.8. The van der Waals surface area contributed by atoms with Crippen molar-refractivity contribution in [3.8, 4) is 0 Å². The first-order valence-electron chi connectivity index (χ1n) is 4.39. The van der Waals surface area contributed by atoms with Gasteiger partial charge in [0.25, 0.3) is 0 Å². The number of halogens is 1. The molecule has 14 heavy (non-hydrogen) atoms. The van der Waals surface area contributed by atoms with Crippen LogP contribution < -0.4 is 4.90 Å². The van der Waals surface area contributed by atoms with Crippen molar-refractivity contribution in [3.05, 3.63) is 24.4 Å². The van der Waals surface area contributed by atoms with Crippen LogP contribution in [0.25, 0.3) is 0 Å². The minimum atomic E-state index is 0.802. The molecule has 0 radical (unpaired) electrons. The molecule has 1 saturated heterocycles. The fourth-order valence-electron chi connectivity index (χ4n) is 1.29. The number of rotatable bonds is 1. The van der Waals surface area contributed by atoms with Crippen LogP contribution in [0.5, 0.6) is 0 Å². The SMILES string of the molecule is [Zn+][Br].[c-]1cccc(N2CCOCC2)n1. The molecule has 5 heteroatoms. The van der Waals surface area contributed by atoms with Crippen molar-refractivity contribution < 1.29 is 21.1 Å². The second-order valence-corrected chi connectivity index (χ2v) is 2.72. The summed E-state index contributed by atoms with van der Waals surface area (Å²) in [5.74, 6) is 1.00. The third kappa shape index (κ3) is 3.64. The number of anilines is 1. The molecule has 1 aliphatic rings. The van der Waals surface area contributed by atoms with Crippen LogP contribution in [0.15, 0.2) is 18.2 Å². The van der Waals surface area contributed by atoms with E-state index in [2.05, 4.69) is 29.7 Å². The molecular weight excluding hydrogens is 297 g/mol. The molecule has 0 aliphatic carbocycles. The fraction of sp³-hybridized carbons (Fsp3) is 0.444. The van der Waals surface area contributed by atoms with Crippen molar-refractivity contribution in [2.45, 2.75) is 0 Å². The van der Waals surface area contributed by atoms with E-state index in [4.69, 9.17) is 4.74 Å². The topological polar surface area (TPSA) is 25.4 Å². The Morgan fingerprint density at radius 2 is 2.14 bits per heavy atom. The first kappa shape index (κ1) is 12.1. The summed E-state index contributed by atoms with van der Waals surface area (Å²) in [6.07, 6.45) is 2.83. The Kier molecular flexibility index (Phi) is 6.32. The second kappa shape index (κ2) is 7.32. The molecule has 0 atom stereocenters. The summed E-state index contributed by atoms with van der Waals surface area (Å²) in [5, 5.41) is 0. The Bertz CT molecular complexity index is 242. The summed E-state index contributed by atoms with van der Waals surface area (Å²) in [5.41, 5.74) is 0. The van der Waals surface area contributed by atoms with Gasteiger partial charge in [0.2, 0.25) is 0 Å². The van der Waals surface area contributed by atoms with Crippen molar-refractivity contribution in [1.29, 1.82) is 0 Å². The smallest absolute Gasteiger partial charge is 0.0632 e. The van der Waals surface area contributed by atoms with Crippen LogP contribution in [0.4, 0.5) is 5.82 Å². The van der Waals surface area contributed by atoms with Gasteiger partial charge in [-0.3, -0.25) is 0 Å². The van der Waals surface area contributed by atoms with Gasteiger partial charge in [0.1, 0.15) is 0 Å². The summed E-state index contributed by atoms with van der Waals surface area (Å²) in [7, 11) is 0. The van der Waals surface area contributed by atoms with Crippen molar-refractivity contribution in [3.63, 3.8) is 0 Å². The molecular formula is C9H11BrN2OZn. The average molecular weight is 308 g/mol. The summed E-state index contributed by atoms with van der Waals surface area (Å²) in [4.78, 5) is 6.36. The maximum absolute atomic E-state index is 5.24. The molecule has 1 aromatic rings. The van der Waals surface area contributed by atoms with E-state index in [-0.39, 0.29) is 0 Å². The summed E-state index contributed by atoms with van der Waals surface area (Å²) in [6, 6.07) is 5.77. The number of hydrogen-bond donors (Lipinski definition) is 0. The molecule has 3 nitrogen and oxygen atoms in total. The van der Waals surface area contributed by atoms with Gasteiger partial charge in [-0.25, -0.2) is 0 Å². The monoisotopic (exact) mass is 306 g/mol. The van der Waals surface area contributed by atoms with Crippen LogP contribution in [0.3, 0.4) is 0 Å². The van der Waals surface area contributed by atoms with E-state index in [0.717, 1.165) is 32.1 Å². The van der Waals surface area contributed by atoms with E-state index < -0.39 is 0 Å². The van der Waals surface area contributed by atoms with Gasteiger partial charge in [-0.05, 0) is 0 Å². The van der Waals surface area contributed by atoms with E-state index in [1.54, 1.807) is 0 Å². The van der Waals surface area contributed by atoms with E-state index >= 15 is 0 Å². The number of hydrogen-bond acceptors (Lipinski definition) is 3. The molecule has 2 rings (SSSR count). The van der Waals surface area contributed by atoms with Crippen LogP contribution in [0, 0.1) is 6.20 Å². The molecule has 0 saturated carbocycles. The van der Waals surface area contributed by atoms with Crippen molar-refractivity contribution in [2.24, 2.45) is 0 Å².